The molecule has 2 aromatic rings. The number of hydrogen-bond donors (Lipinski definition) is 2. The summed E-state index contributed by atoms with van der Waals surface area (Å²) in [6, 6.07) is 8.93. The predicted octanol–water partition coefficient (Wildman–Crippen LogP) is 2.41. The Labute approximate surface area is 162 Å². The second kappa shape index (κ2) is 7.94. The summed E-state index contributed by atoms with van der Waals surface area (Å²) in [5.74, 6) is 1.08. The molecule has 0 aliphatic carbocycles. The van der Waals surface area contributed by atoms with E-state index in [1.165, 1.54) is 12.0 Å². The Kier molecular flexibility index (Phi) is 5.42. The van der Waals surface area contributed by atoms with Crippen molar-refractivity contribution in [3.8, 4) is 0 Å². The number of nitrogen functional groups attached to an aromatic ring is 1. The van der Waals surface area contributed by atoms with E-state index in [-0.39, 0.29) is 0 Å². The molecule has 1 unspecified atom stereocenters. The molecular weight excluding hydrogens is 396 g/mol. The van der Waals surface area contributed by atoms with Crippen LogP contribution in [0.3, 0.4) is 0 Å². The molecule has 2 fully saturated rings. The van der Waals surface area contributed by atoms with Gasteiger partial charge in [0, 0.05) is 23.6 Å². The Balaban J connectivity index is 1.54. The molecule has 2 aliphatic rings. The summed E-state index contributed by atoms with van der Waals surface area (Å²) < 4.78 is 6.93. The summed E-state index contributed by atoms with van der Waals surface area (Å²) >= 11 is 3.51. The van der Waals surface area contributed by atoms with Crippen LogP contribution in [0, 0.1) is 0 Å². The number of piperidine rings is 1. The van der Waals surface area contributed by atoms with Gasteiger partial charge >= 0.3 is 0 Å². The summed E-state index contributed by atoms with van der Waals surface area (Å²) in [5.41, 5.74) is 7.09. The summed E-state index contributed by atoms with van der Waals surface area (Å²) in [4.78, 5) is 9.25. The van der Waals surface area contributed by atoms with E-state index in [4.69, 9.17) is 10.5 Å². The van der Waals surface area contributed by atoms with Crippen molar-refractivity contribution >= 4 is 27.8 Å². The molecule has 0 radical (unpaired) electrons. The van der Waals surface area contributed by atoms with Crippen molar-refractivity contribution in [1.29, 1.82) is 0 Å². The number of aromatic nitrogens is 3. The van der Waals surface area contributed by atoms with Crippen LogP contribution in [0.25, 0.3) is 0 Å². The van der Waals surface area contributed by atoms with Gasteiger partial charge in [-0.2, -0.15) is 4.98 Å². The van der Waals surface area contributed by atoms with E-state index in [1.54, 1.807) is 0 Å². The smallest absolute Gasteiger partial charge is 0.247 e. The fraction of sp³-hybridized carbons (Fsp3) is 0.556. The fourth-order valence-corrected chi connectivity index (χ4v) is 4.28. The van der Waals surface area contributed by atoms with Crippen LogP contribution in [0.2, 0.25) is 0 Å². The highest BCUT2D eigenvalue weighted by Gasteiger charge is 2.35. The first kappa shape index (κ1) is 17.8. The highest BCUT2D eigenvalue weighted by atomic mass is 79.9. The minimum atomic E-state index is 0.295. The third kappa shape index (κ3) is 3.87. The zero-order valence-electron chi connectivity index (χ0n) is 14.8. The maximum atomic E-state index is 5.82. The van der Waals surface area contributed by atoms with Crippen LogP contribution in [-0.2, 0) is 11.2 Å². The molecule has 0 amide bonds. The molecule has 1 aromatic carbocycles. The average Bonchev–Trinajstić information content (AvgIpc) is 3.10. The van der Waals surface area contributed by atoms with E-state index in [2.05, 4.69) is 65.2 Å². The molecule has 0 spiro atoms. The number of benzene rings is 1. The Morgan fingerprint density at radius 1 is 1.23 bits per heavy atom. The summed E-state index contributed by atoms with van der Waals surface area (Å²) in [5, 5.41) is 7.08. The molecular formula is C18H25BrN6O. The lowest BCUT2D eigenvalue weighted by molar-refractivity contribution is -0.0339. The number of morpholine rings is 1. The third-order valence-electron chi connectivity index (χ3n) is 5.26. The first-order valence-electron chi connectivity index (χ1n) is 9.23. The van der Waals surface area contributed by atoms with Crippen LogP contribution < -0.4 is 10.6 Å². The summed E-state index contributed by atoms with van der Waals surface area (Å²) in [6.45, 7) is 3.43. The van der Waals surface area contributed by atoms with Crippen LogP contribution >= 0.6 is 15.9 Å². The van der Waals surface area contributed by atoms with Gasteiger partial charge in [-0.05, 0) is 43.4 Å². The average molecular weight is 421 g/mol. The normalized spacial score (nSPS) is 24.7. The molecule has 140 valence electrons. The number of anilines is 2. The lowest BCUT2D eigenvalue weighted by atomic mass is 10.0. The maximum absolute atomic E-state index is 5.82. The van der Waals surface area contributed by atoms with Gasteiger partial charge in [-0.1, -0.05) is 28.1 Å². The molecule has 3 N–H and O–H groups in total. The van der Waals surface area contributed by atoms with E-state index in [1.807, 2.05) is 0 Å². The topological polar surface area (TPSA) is 83.3 Å². The van der Waals surface area contributed by atoms with Crippen molar-refractivity contribution in [2.24, 2.45) is 0 Å². The second-order valence-corrected chi connectivity index (χ2v) is 7.90. The van der Waals surface area contributed by atoms with Crippen molar-refractivity contribution < 1.29 is 4.74 Å². The van der Waals surface area contributed by atoms with Crippen LogP contribution in [0.1, 0.15) is 24.8 Å². The standard InChI is InChI=1S/C18H25BrN6O/c19-14-6-4-13(5-7-14)11-15-12-26-10-9-24(15)16-3-1-2-8-25(16)18-21-17(20)22-23-18/h4-7,15-16H,1-3,8-12H2,(H3,20,21,22,23)/t15?,16-/m0/s1. The SMILES string of the molecule is Nc1nc(N2CCCC[C@H]2N2CCOCC2Cc2ccc(Br)cc2)n[nH]1. The molecule has 4 rings (SSSR count). The Bertz CT molecular complexity index is 721. The number of ether oxygens (including phenoxy) is 1. The third-order valence-corrected chi connectivity index (χ3v) is 5.79. The minimum absolute atomic E-state index is 0.295. The number of nitrogens with zero attached hydrogens (tertiary/aromatic N) is 4. The molecule has 3 heterocycles. The van der Waals surface area contributed by atoms with Crippen molar-refractivity contribution in [3.05, 3.63) is 34.3 Å². The minimum Gasteiger partial charge on any atom is -0.378 e. The highest BCUT2D eigenvalue weighted by molar-refractivity contribution is 9.10. The van der Waals surface area contributed by atoms with Gasteiger partial charge in [-0.15, -0.1) is 5.10 Å². The Morgan fingerprint density at radius 3 is 2.85 bits per heavy atom. The number of nitrogens with one attached hydrogen (secondary N) is 1. The largest absolute Gasteiger partial charge is 0.378 e. The molecule has 1 aromatic heterocycles. The Morgan fingerprint density at radius 2 is 2.08 bits per heavy atom. The first-order valence-corrected chi connectivity index (χ1v) is 10.0. The number of aromatic amines is 1. The van der Waals surface area contributed by atoms with E-state index in [0.717, 1.165) is 50.0 Å². The quantitative estimate of drug-likeness (QED) is 0.789. The van der Waals surface area contributed by atoms with E-state index >= 15 is 0 Å². The van der Waals surface area contributed by atoms with Gasteiger partial charge in [-0.3, -0.25) is 4.90 Å². The van der Waals surface area contributed by atoms with E-state index in [9.17, 15) is 0 Å². The fourth-order valence-electron chi connectivity index (χ4n) is 4.01. The lowest BCUT2D eigenvalue weighted by Crippen LogP contribution is -2.59. The van der Waals surface area contributed by atoms with Crippen LogP contribution in [-0.4, -0.2) is 58.6 Å². The Hall–Kier alpha value is -1.64. The van der Waals surface area contributed by atoms with Crippen molar-refractivity contribution in [2.75, 3.05) is 36.9 Å². The van der Waals surface area contributed by atoms with Crippen molar-refractivity contribution in [3.63, 3.8) is 0 Å². The molecule has 0 saturated carbocycles. The van der Waals surface area contributed by atoms with E-state index in [0.29, 0.717) is 24.1 Å². The number of hydrogen-bond acceptors (Lipinski definition) is 6. The number of halogens is 1. The molecule has 2 aliphatic heterocycles. The number of rotatable bonds is 4. The first-order chi connectivity index (χ1) is 12.7. The highest BCUT2D eigenvalue weighted by Crippen LogP contribution is 2.28. The summed E-state index contributed by atoms with van der Waals surface area (Å²) in [7, 11) is 0. The molecule has 2 atom stereocenters. The van der Waals surface area contributed by atoms with E-state index < -0.39 is 0 Å². The van der Waals surface area contributed by atoms with Crippen molar-refractivity contribution in [2.45, 2.75) is 37.9 Å². The van der Waals surface area contributed by atoms with Crippen LogP contribution in [0.4, 0.5) is 11.9 Å². The van der Waals surface area contributed by atoms with Gasteiger partial charge in [0.05, 0.1) is 19.4 Å². The number of nitrogens with two attached hydrogens (primary N) is 1. The lowest BCUT2D eigenvalue weighted by Gasteiger charge is -2.47. The molecule has 8 heteroatoms. The molecule has 26 heavy (non-hydrogen) atoms. The zero-order chi connectivity index (χ0) is 17.9. The van der Waals surface area contributed by atoms with Crippen LogP contribution in [0.5, 0.6) is 0 Å². The monoisotopic (exact) mass is 420 g/mol. The maximum Gasteiger partial charge on any atom is 0.247 e. The predicted molar refractivity (Wildman–Crippen MR) is 105 cm³/mol. The number of H-pyrrole nitrogens is 1. The van der Waals surface area contributed by atoms with Gasteiger partial charge in [0.1, 0.15) is 0 Å². The molecule has 0 bridgehead atoms. The second-order valence-electron chi connectivity index (χ2n) is 6.99. The molecule has 7 nitrogen and oxygen atoms in total. The molecule has 2 saturated heterocycles. The van der Waals surface area contributed by atoms with Crippen LogP contribution in [0.15, 0.2) is 28.7 Å². The van der Waals surface area contributed by atoms with Gasteiger partial charge in [0.2, 0.25) is 11.9 Å². The summed E-state index contributed by atoms with van der Waals surface area (Å²) in [6.07, 6.45) is 4.78. The van der Waals surface area contributed by atoms with Gasteiger partial charge in [0.25, 0.3) is 0 Å². The zero-order valence-corrected chi connectivity index (χ0v) is 16.4. The van der Waals surface area contributed by atoms with Gasteiger partial charge < -0.3 is 15.4 Å². The van der Waals surface area contributed by atoms with Gasteiger partial charge in [0.15, 0.2) is 0 Å². The van der Waals surface area contributed by atoms with Gasteiger partial charge in [-0.25, -0.2) is 5.10 Å². The van der Waals surface area contributed by atoms with Crippen molar-refractivity contribution in [1.82, 2.24) is 20.1 Å².